The molecule has 0 radical (unpaired) electrons. The maximum absolute atomic E-state index is 10.2. The summed E-state index contributed by atoms with van der Waals surface area (Å²) in [7, 11) is 0. The number of hydrogen-bond donors (Lipinski definition) is 3. The number of hydrogen-bond acceptors (Lipinski definition) is 7. The molecule has 4 N–H and O–H groups in total. The summed E-state index contributed by atoms with van der Waals surface area (Å²) < 4.78 is 7.43. The van der Waals surface area contributed by atoms with Crippen LogP contribution >= 0.6 is 0 Å². The highest BCUT2D eigenvalue weighted by Gasteiger charge is 2.30. The molecule has 0 bridgehead atoms. The maximum atomic E-state index is 10.2. The van der Waals surface area contributed by atoms with Gasteiger partial charge in [-0.1, -0.05) is 0 Å². The molecule has 0 saturated carbocycles. The molecule has 1 saturated heterocycles. The lowest BCUT2D eigenvalue weighted by molar-refractivity contribution is -0.116. The molecule has 0 aliphatic carbocycles. The Morgan fingerprint density at radius 2 is 2.20 bits per heavy atom. The number of nitrogens with zero attached hydrogens (tertiary/aromatic N) is 4. The van der Waals surface area contributed by atoms with Crippen LogP contribution in [0.15, 0.2) is 12.7 Å². The van der Waals surface area contributed by atoms with E-state index < -0.39 is 12.3 Å². The van der Waals surface area contributed by atoms with Crippen LogP contribution in [0.1, 0.15) is 25.5 Å². The maximum Gasteiger partial charge on any atom is 0.167 e. The minimum atomic E-state index is -0.680. The summed E-state index contributed by atoms with van der Waals surface area (Å²) in [4.78, 5) is 12.2. The van der Waals surface area contributed by atoms with Crippen molar-refractivity contribution in [2.45, 2.75) is 37.7 Å². The number of imidazole rings is 1. The number of ether oxygens (including phenoxy) is 1. The minimum Gasteiger partial charge on any atom is -0.394 e. The van der Waals surface area contributed by atoms with E-state index in [1.54, 1.807) is 4.57 Å². The second kappa shape index (κ2) is 5.31. The van der Waals surface area contributed by atoms with Gasteiger partial charge in [0.2, 0.25) is 0 Å². The van der Waals surface area contributed by atoms with Crippen molar-refractivity contribution in [2.75, 3.05) is 12.3 Å². The molecule has 3 rings (SSSR count). The largest absolute Gasteiger partial charge is 0.394 e. The zero-order chi connectivity index (χ0) is 14.1. The topological polar surface area (TPSA) is 119 Å². The van der Waals surface area contributed by atoms with E-state index in [1.165, 1.54) is 12.7 Å². The summed E-state index contributed by atoms with van der Waals surface area (Å²) in [5.41, 5.74) is 6.74. The number of aliphatic hydroxyl groups excluding tert-OH is 2. The fourth-order valence-electron chi connectivity index (χ4n) is 2.49. The van der Waals surface area contributed by atoms with E-state index in [1.807, 2.05) is 0 Å². The highest BCUT2D eigenvalue weighted by Crippen LogP contribution is 2.29. The van der Waals surface area contributed by atoms with E-state index >= 15 is 0 Å². The zero-order valence-corrected chi connectivity index (χ0v) is 10.9. The van der Waals surface area contributed by atoms with Gasteiger partial charge in [0.15, 0.2) is 17.7 Å². The molecule has 1 aliphatic rings. The SMILES string of the molecule is Nc1ncnc2c1ncn2[C@@H]1O[C@H](CO)CCC[C@H]1O. The van der Waals surface area contributed by atoms with Crippen molar-refractivity contribution in [3.05, 3.63) is 12.7 Å². The lowest BCUT2D eigenvalue weighted by atomic mass is 10.1. The van der Waals surface area contributed by atoms with Gasteiger partial charge >= 0.3 is 0 Å². The molecule has 3 atom stereocenters. The first-order chi connectivity index (χ1) is 9.70. The molecule has 8 nitrogen and oxygen atoms in total. The van der Waals surface area contributed by atoms with E-state index in [4.69, 9.17) is 10.5 Å². The molecule has 1 aliphatic heterocycles. The Hall–Kier alpha value is -1.77. The van der Waals surface area contributed by atoms with E-state index in [-0.39, 0.29) is 18.5 Å². The Kier molecular flexibility index (Phi) is 3.51. The summed E-state index contributed by atoms with van der Waals surface area (Å²) in [6, 6.07) is 0. The lowest BCUT2D eigenvalue weighted by Crippen LogP contribution is -2.29. The van der Waals surface area contributed by atoms with Crippen LogP contribution in [-0.2, 0) is 4.74 Å². The van der Waals surface area contributed by atoms with Gasteiger partial charge in [0, 0.05) is 0 Å². The zero-order valence-electron chi connectivity index (χ0n) is 10.9. The fourth-order valence-corrected chi connectivity index (χ4v) is 2.49. The molecule has 1 fully saturated rings. The third kappa shape index (κ3) is 2.21. The Labute approximate surface area is 115 Å². The van der Waals surface area contributed by atoms with Gasteiger partial charge in [0.1, 0.15) is 11.8 Å². The number of rotatable bonds is 2. The second-order valence-corrected chi connectivity index (χ2v) is 4.91. The molecule has 0 aromatic carbocycles. The van der Waals surface area contributed by atoms with E-state index in [9.17, 15) is 10.2 Å². The summed E-state index contributed by atoms with van der Waals surface area (Å²) in [5.74, 6) is 0.288. The van der Waals surface area contributed by atoms with Crippen molar-refractivity contribution in [3.8, 4) is 0 Å². The molecular weight excluding hydrogens is 262 g/mol. The fraction of sp³-hybridized carbons (Fsp3) is 0.583. The van der Waals surface area contributed by atoms with Gasteiger partial charge in [-0.05, 0) is 19.3 Å². The monoisotopic (exact) mass is 279 g/mol. The van der Waals surface area contributed by atoms with Gasteiger partial charge in [0.05, 0.1) is 25.1 Å². The van der Waals surface area contributed by atoms with E-state index in [0.717, 1.165) is 6.42 Å². The third-order valence-corrected chi connectivity index (χ3v) is 3.55. The van der Waals surface area contributed by atoms with E-state index in [0.29, 0.717) is 24.0 Å². The number of aromatic nitrogens is 4. The van der Waals surface area contributed by atoms with Crippen LogP contribution < -0.4 is 5.73 Å². The van der Waals surface area contributed by atoms with Crippen LogP contribution in [0.3, 0.4) is 0 Å². The number of anilines is 1. The first-order valence-electron chi connectivity index (χ1n) is 6.58. The Morgan fingerprint density at radius 3 is 3.00 bits per heavy atom. The van der Waals surface area contributed by atoms with Crippen LogP contribution in [0.2, 0.25) is 0 Å². The van der Waals surface area contributed by atoms with Crippen molar-refractivity contribution >= 4 is 17.0 Å². The average Bonchev–Trinajstić information content (AvgIpc) is 2.79. The molecule has 0 spiro atoms. The predicted octanol–water partition coefficient (Wildman–Crippen LogP) is -0.171. The standard InChI is InChI=1S/C12H17N5O3/c13-10-9-11(15-5-14-10)17(6-16-9)12-8(19)3-1-2-7(4-18)20-12/h5-8,12,18-19H,1-4H2,(H2,13,14,15)/t7-,8+,12+/m0/s1. The molecule has 2 aromatic rings. The van der Waals surface area contributed by atoms with Gasteiger partial charge in [-0.2, -0.15) is 0 Å². The van der Waals surface area contributed by atoms with Crippen molar-refractivity contribution in [1.82, 2.24) is 19.5 Å². The molecule has 3 heterocycles. The second-order valence-electron chi connectivity index (χ2n) is 4.91. The quantitative estimate of drug-likeness (QED) is 0.698. The molecule has 8 heteroatoms. The minimum absolute atomic E-state index is 0.0764. The summed E-state index contributed by atoms with van der Waals surface area (Å²) >= 11 is 0. The molecule has 0 amide bonds. The van der Waals surface area contributed by atoms with Gasteiger partial charge in [0.25, 0.3) is 0 Å². The number of nitrogen functional groups attached to an aromatic ring is 1. The number of aliphatic hydroxyl groups is 2. The average molecular weight is 279 g/mol. The van der Waals surface area contributed by atoms with Crippen LogP contribution in [0.25, 0.3) is 11.2 Å². The highest BCUT2D eigenvalue weighted by atomic mass is 16.5. The molecule has 20 heavy (non-hydrogen) atoms. The summed E-state index contributed by atoms with van der Waals surface area (Å²) in [5, 5.41) is 19.5. The van der Waals surface area contributed by atoms with Crippen LogP contribution in [0.5, 0.6) is 0 Å². The Morgan fingerprint density at radius 1 is 1.35 bits per heavy atom. The predicted molar refractivity (Wildman–Crippen MR) is 70.6 cm³/mol. The highest BCUT2D eigenvalue weighted by molar-refractivity contribution is 5.81. The molecule has 2 aromatic heterocycles. The summed E-state index contributed by atoms with van der Waals surface area (Å²) in [6.45, 7) is -0.0764. The third-order valence-electron chi connectivity index (χ3n) is 3.55. The summed E-state index contributed by atoms with van der Waals surface area (Å²) in [6.07, 6.45) is 3.39. The van der Waals surface area contributed by atoms with Crippen molar-refractivity contribution < 1.29 is 14.9 Å². The molecule has 0 unspecified atom stereocenters. The Balaban J connectivity index is 2.01. The van der Waals surface area contributed by atoms with Crippen molar-refractivity contribution in [3.63, 3.8) is 0 Å². The lowest BCUT2D eigenvalue weighted by Gasteiger charge is -2.25. The first kappa shape index (κ1) is 13.2. The normalized spacial score (nSPS) is 27.6. The van der Waals surface area contributed by atoms with Gasteiger partial charge in [-0.3, -0.25) is 4.57 Å². The van der Waals surface area contributed by atoms with Crippen LogP contribution in [0.4, 0.5) is 5.82 Å². The molecule has 108 valence electrons. The first-order valence-corrected chi connectivity index (χ1v) is 6.58. The number of nitrogens with two attached hydrogens (primary N) is 1. The van der Waals surface area contributed by atoms with E-state index in [2.05, 4.69) is 15.0 Å². The van der Waals surface area contributed by atoms with Gasteiger partial charge < -0.3 is 20.7 Å². The molecular formula is C12H17N5O3. The number of fused-ring (bicyclic) bond motifs is 1. The smallest absolute Gasteiger partial charge is 0.167 e. The van der Waals surface area contributed by atoms with Crippen LogP contribution in [0, 0.1) is 0 Å². The van der Waals surface area contributed by atoms with Gasteiger partial charge in [-0.15, -0.1) is 0 Å². The van der Waals surface area contributed by atoms with Crippen molar-refractivity contribution in [1.29, 1.82) is 0 Å². The Bertz CT molecular complexity index is 602. The van der Waals surface area contributed by atoms with Crippen molar-refractivity contribution in [2.24, 2.45) is 0 Å². The van der Waals surface area contributed by atoms with Gasteiger partial charge in [-0.25, -0.2) is 15.0 Å². The van der Waals surface area contributed by atoms with Crippen LogP contribution in [-0.4, -0.2) is 48.5 Å².